The summed E-state index contributed by atoms with van der Waals surface area (Å²) in [6, 6.07) is 12.9. The summed E-state index contributed by atoms with van der Waals surface area (Å²) in [5, 5.41) is 16.8. The van der Waals surface area contributed by atoms with Crippen LogP contribution in [0.2, 0.25) is 0 Å². The molecule has 1 aliphatic heterocycles. The molecule has 5 nitrogen and oxygen atoms in total. The van der Waals surface area contributed by atoms with Crippen molar-refractivity contribution in [3.63, 3.8) is 0 Å². The Kier molecular flexibility index (Phi) is 4.89. The molecular weight excluding hydrogens is 348 g/mol. The third-order valence-electron chi connectivity index (χ3n) is 5.73. The molecule has 5 heteroatoms. The van der Waals surface area contributed by atoms with Crippen molar-refractivity contribution in [2.45, 2.75) is 25.7 Å². The van der Waals surface area contributed by atoms with Crippen molar-refractivity contribution in [3.8, 4) is 6.07 Å². The van der Waals surface area contributed by atoms with Gasteiger partial charge in [-0.25, -0.2) is 0 Å². The lowest BCUT2D eigenvalue weighted by molar-refractivity contribution is 0.102. The van der Waals surface area contributed by atoms with E-state index in [-0.39, 0.29) is 5.91 Å². The number of rotatable bonds is 3. The molecule has 0 aliphatic carbocycles. The number of carbonyl (C=O) groups excluding carboxylic acids is 1. The van der Waals surface area contributed by atoms with E-state index in [9.17, 15) is 4.79 Å². The van der Waals surface area contributed by atoms with Crippen LogP contribution >= 0.6 is 0 Å². The molecule has 2 N–H and O–H groups in total. The lowest BCUT2D eigenvalue weighted by atomic mass is 9.88. The Morgan fingerprint density at radius 2 is 2.04 bits per heavy atom. The molecule has 1 aromatic heterocycles. The minimum atomic E-state index is -0.195. The fourth-order valence-corrected chi connectivity index (χ4v) is 4.20. The fraction of sp³-hybridized carbons (Fsp3) is 0.304. The highest BCUT2D eigenvalue weighted by Crippen LogP contribution is 2.37. The van der Waals surface area contributed by atoms with Gasteiger partial charge in [0.2, 0.25) is 0 Å². The zero-order valence-corrected chi connectivity index (χ0v) is 16.2. The summed E-state index contributed by atoms with van der Waals surface area (Å²) in [6.07, 6.45) is 4.52. The highest BCUT2D eigenvalue weighted by atomic mass is 16.1. The monoisotopic (exact) mass is 372 g/mol. The number of hydrogen-bond acceptors (Lipinski definition) is 3. The molecule has 1 fully saturated rings. The molecule has 0 unspecified atom stereocenters. The molecule has 0 atom stereocenters. The number of amides is 1. The normalized spacial score (nSPS) is 14.8. The van der Waals surface area contributed by atoms with Crippen LogP contribution in [-0.2, 0) is 7.05 Å². The first-order valence-electron chi connectivity index (χ1n) is 9.69. The van der Waals surface area contributed by atoms with Gasteiger partial charge in [0.15, 0.2) is 0 Å². The molecule has 4 rings (SSSR count). The van der Waals surface area contributed by atoms with Crippen LogP contribution in [0.3, 0.4) is 0 Å². The van der Waals surface area contributed by atoms with Gasteiger partial charge in [-0.3, -0.25) is 4.79 Å². The predicted molar refractivity (Wildman–Crippen MR) is 112 cm³/mol. The van der Waals surface area contributed by atoms with E-state index in [1.165, 1.54) is 16.5 Å². The number of nitrogens with one attached hydrogen (secondary N) is 2. The lowest BCUT2D eigenvalue weighted by Crippen LogP contribution is -2.26. The van der Waals surface area contributed by atoms with Gasteiger partial charge < -0.3 is 15.2 Å². The standard InChI is InChI=1S/C23H24N4O/c1-15-20(26-23(28)18-5-3-4-16(12-18)13-24)6-7-21-22(15)19(14-27(21)2)17-8-10-25-11-9-17/h3-7,12,14,17,25H,8-11H2,1-2H3,(H,26,28). The van der Waals surface area contributed by atoms with E-state index in [1.807, 2.05) is 6.07 Å². The van der Waals surface area contributed by atoms with Gasteiger partial charge in [0.1, 0.15) is 0 Å². The average molecular weight is 372 g/mol. The van der Waals surface area contributed by atoms with Crippen LogP contribution in [0.4, 0.5) is 5.69 Å². The number of fused-ring (bicyclic) bond motifs is 1. The second kappa shape index (κ2) is 7.49. The van der Waals surface area contributed by atoms with Crippen LogP contribution < -0.4 is 10.6 Å². The maximum Gasteiger partial charge on any atom is 0.255 e. The first-order chi connectivity index (χ1) is 13.6. The number of hydrogen-bond donors (Lipinski definition) is 2. The van der Waals surface area contributed by atoms with Crippen LogP contribution in [0.5, 0.6) is 0 Å². The van der Waals surface area contributed by atoms with Gasteiger partial charge in [0.25, 0.3) is 5.91 Å². The van der Waals surface area contributed by atoms with Crippen LogP contribution in [0.25, 0.3) is 10.9 Å². The van der Waals surface area contributed by atoms with Gasteiger partial charge in [0, 0.05) is 35.4 Å². The number of piperidine rings is 1. The Hall–Kier alpha value is -3.10. The second-order valence-electron chi connectivity index (χ2n) is 7.50. The maximum atomic E-state index is 12.7. The summed E-state index contributed by atoms with van der Waals surface area (Å²) in [4.78, 5) is 12.7. The zero-order valence-electron chi connectivity index (χ0n) is 16.2. The Bertz CT molecular complexity index is 1080. The first kappa shape index (κ1) is 18.3. The van der Waals surface area contributed by atoms with Gasteiger partial charge in [-0.1, -0.05) is 6.07 Å². The van der Waals surface area contributed by atoms with E-state index < -0.39 is 0 Å². The number of anilines is 1. The van der Waals surface area contributed by atoms with Crippen molar-refractivity contribution < 1.29 is 4.79 Å². The van der Waals surface area contributed by atoms with Crippen molar-refractivity contribution in [2.24, 2.45) is 7.05 Å². The highest BCUT2D eigenvalue weighted by Gasteiger charge is 2.22. The van der Waals surface area contributed by atoms with Crippen LogP contribution in [0.15, 0.2) is 42.6 Å². The van der Waals surface area contributed by atoms with Crippen LogP contribution in [0, 0.1) is 18.3 Å². The van der Waals surface area contributed by atoms with E-state index in [0.29, 0.717) is 17.0 Å². The molecule has 28 heavy (non-hydrogen) atoms. The molecule has 0 radical (unpaired) electrons. The Morgan fingerprint density at radius 3 is 2.79 bits per heavy atom. The second-order valence-corrected chi connectivity index (χ2v) is 7.50. The van der Waals surface area contributed by atoms with E-state index in [1.54, 1.807) is 24.3 Å². The minimum absolute atomic E-state index is 0.195. The fourth-order valence-electron chi connectivity index (χ4n) is 4.20. The molecular formula is C23H24N4O. The smallest absolute Gasteiger partial charge is 0.255 e. The molecule has 3 aromatic rings. The van der Waals surface area contributed by atoms with Gasteiger partial charge in [-0.05, 0) is 80.2 Å². The Balaban J connectivity index is 1.71. The van der Waals surface area contributed by atoms with E-state index in [2.05, 4.69) is 47.5 Å². The number of aromatic nitrogens is 1. The maximum absolute atomic E-state index is 12.7. The quantitative estimate of drug-likeness (QED) is 0.728. The molecule has 2 heterocycles. The predicted octanol–water partition coefficient (Wildman–Crippen LogP) is 4.08. The molecule has 142 valence electrons. The zero-order chi connectivity index (χ0) is 19.7. The number of nitriles is 1. The highest BCUT2D eigenvalue weighted by molar-refractivity contribution is 6.06. The average Bonchev–Trinajstić information content (AvgIpc) is 3.08. The molecule has 1 aliphatic rings. The molecule has 1 saturated heterocycles. The Labute approximate surface area is 165 Å². The van der Waals surface area contributed by atoms with Crippen LogP contribution in [-0.4, -0.2) is 23.6 Å². The third-order valence-corrected chi connectivity index (χ3v) is 5.73. The number of benzene rings is 2. The van der Waals surface area contributed by atoms with E-state index in [0.717, 1.165) is 37.2 Å². The summed E-state index contributed by atoms with van der Waals surface area (Å²) < 4.78 is 2.18. The summed E-state index contributed by atoms with van der Waals surface area (Å²) in [5.41, 5.74) is 5.45. The SMILES string of the molecule is Cc1c(NC(=O)c2cccc(C#N)c2)ccc2c1c(C1CCNCC1)cn2C. The summed E-state index contributed by atoms with van der Waals surface area (Å²) in [6.45, 7) is 4.17. The number of carbonyl (C=O) groups is 1. The number of aryl methyl sites for hydroxylation is 2. The van der Waals surface area contributed by atoms with Crippen LogP contribution in [0.1, 0.15) is 45.8 Å². The number of nitrogens with zero attached hydrogens (tertiary/aromatic N) is 2. The van der Waals surface area contributed by atoms with Gasteiger partial charge in [-0.2, -0.15) is 5.26 Å². The summed E-state index contributed by atoms with van der Waals surface area (Å²) in [7, 11) is 2.08. The van der Waals surface area contributed by atoms with Crippen molar-refractivity contribution in [2.75, 3.05) is 18.4 Å². The molecule has 0 spiro atoms. The molecule has 0 saturated carbocycles. The van der Waals surface area contributed by atoms with E-state index >= 15 is 0 Å². The lowest BCUT2D eigenvalue weighted by Gasteiger charge is -2.23. The topological polar surface area (TPSA) is 69.8 Å². The van der Waals surface area contributed by atoms with Gasteiger partial charge in [-0.15, -0.1) is 0 Å². The third kappa shape index (κ3) is 3.28. The summed E-state index contributed by atoms with van der Waals surface area (Å²) >= 11 is 0. The van der Waals surface area contributed by atoms with Gasteiger partial charge in [0.05, 0.1) is 11.6 Å². The van der Waals surface area contributed by atoms with E-state index in [4.69, 9.17) is 5.26 Å². The van der Waals surface area contributed by atoms with Crippen molar-refractivity contribution in [3.05, 3.63) is 64.8 Å². The summed E-state index contributed by atoms with van der Waals surface area (Å²) in [5.74, 6) is 0.348. The van der Waals surface area contributed by atoms with Crippen molar-refractivity contribution in [1.82, 2.24) is 9.88 Å². The Morgan fingerprint density at radius 1 is 1.25 bits per heavy atom. The minimum Gasteiger partial charge on any atom is -0.350 e. The van der Waals surface area contributed by atoms with Crippen molar-refractivity contribution in [1.29, 1.82) is 5.26 Å². The molecule has 1 amide bonds. The molecule has 2 aromatic carbocycles. The van der Waals surface area contributed by atoms with Crippen molar-refractivity contribution >= 4 is 22.5 Å². The first-order valence-corrected chi connectivity index (χ1v) is 9.69. The largest absolute Gasteiger partial charge is 0.350 e. The molecule has 0 bridgehead atoms. The van der Waals surface area contributed by atoms with Gasteiger partial charge >= 0.3 is 0 Å².